The number of amidine groups is 1. The maximum Gasteiger partial charge on any atom is 0.151 e. The number of methoxy groups -OCH3 is 1. The van der Waals surface area contributed by atoms with E-state index in [1.807, 2.05) is 0 Å². The summed E-state index contributed by atoms with van der Waals surface area (Å²) in [4.78, 5) is 0. The summed E-state index contributed by atoms with van der Waals surface area (Å²) in [5.41, 5.74) is 5.69. The van der Waals surface area contributed by atoms with Crippen LogP contribution in [0, 0.1) is 11.2 Å². The molecule has 6 heteroatoms. The van der Waals surface area contributed by atoms with Gasteiger partial charge in [-0.2, -0.15) is 0 Å². The van der Waals surface area contributed by atoms with E-state index in [4.69, 9.17) is 20.6 Å². The summed E-state index contributed by atoms with van der Waals surface area (Å²) in [7, 11) is 1.58. The minimum absolute atomic E-state index is 0.0233. The van der Waals surface area contributed by atoms with Crippen molar-refractivity contribution in [1.29, 1.82) is 5.41 Å². The van der Waals surface area contributed by atoms with E-state index in [9.17, 15) is 4.39 Å². The number of rotatable bonds is 6. The Labute approximate surface area is 104 Å². The molecule has 1 rings (SSSR count). The van der Waals surface area contributed by atoms with Crippen LogP contribution in [0.4, 0.5) is 4.39 Å². The topological polar surface area (TPSA) is 68.3 Å². The van der Waals surface area contributed by atoms with Crippen molar-refractivity contribution in [2.45, 2.75) is 5.75 Å². The second-order valence-corrected chi connectivity index (χ2v) is 4.26. The minimum atomic E-state index is -0.353. The fourth-order valence-electron chi connectivity index (χ4n) is 1.13. The molecule has 0 atom stereocenters. The van der Waals surface area contributed by atoms with Gasteiger partial charge in [0.25, 0.3) is 0 Å². The van der Waals surface area contributed by atoms with E-state index in [1.165, 1.54) is 6.07 Å². The molecule has 0 amide bonds. The van der Waals surface area contributed by atoms with Gasteiger partial charge in [0.05, 0.1) is 6.61 Å². The molecule has 94 valence electrons. The van der Waals surface area contributed by atoms with Crippen molar-refractivity contribution in [3.8, 4) is 5.75 Å². The Hall–Kier alpha value is -1.27. The van der Waals surface area contributed by atoms with Crippen LogP contribution in [0.5, 0.6) is 5.75 Å². The molecule has 0 aliphatic carbocycles. The lowest BCUT2D eigenvalue weighted by Gasteiger charge is -2.07. The number of nitrogens with two attached hydrogens (primary N) is 1. The molecule has 1 aromatic rings. The highest BCUT2D eigenvalue weighted by atomic mass is 32.2. The third-order valence-electron chi connectivity index (χ3n) is 1.96. The lowest BCUT2D eigenvalue weighted by molar-refractivity contribution is 0.146. The monoisotopic (exact) mass is 258 g/mol. The summed E-state index contributed by atoms with van der Waals surface area (Å²) in [5.74, 6) is 0.462. The van der Waals surface area contributed by atoms with Crippen molar-refractivity contribution >= 4 is 16.9 Å². The fraction of sp³-hybridized carbons (Fsp3) is 0.364. The van der Waals surface area contributed by atoms with Crippen LogP contribution in [-0.2, 0) is 10.5 Å². The van der Waals surface area contributed by atoms with Gasteiger partial charge in [-0.25, -0.2) is 4.39 Å². The minimum Gasteiger partial charge on any atom is -0.491 e. The zero-order chi connectivity index (χ0) is 12.7. The third kappa shape index (κ3) is 5.06. The predicted molar refractivity (Wildman–Crippen MR) is 67.0 cm³/mol. The smallest absolute Gasteiger partial charge is 0.151 e. The summed E-state index contributed by atoms with van der Waals surface area (Å²) >= 11 is 1.09. The highest BCUT2D eigenvalue weighted by Gasteiger charge is 2.05. The first-order valence-electron chi connectivity index (χ1n) is 5.00. The zero-order valence-electron chi connectivity index (χ0n) is 9.53. The normalized spacial score (nSPS) is 10.2. The lowest BCUT2D eigenvalue weighted by Crippen LogP contribution is -2.05. The van der Waals surface area contributed by atoms with Gasteiger partial charge in [0, 0.05) is 18.9 Å². The van der Waals surface area contributed by atoms with Gasteiger partial charge in [-0.05, 0) is 11.6 Å². The maximum absolute atomic E-state index is 13.6. The Bertz CT molecular complexity index is 388. The van der Waals surface area contributed by atoms with E-state index >= 15 is 0 Å². The second kappa shape index (κ2) is 7.13. The van der Waals surface area contributed by atoms with Crippen molar-refractivity contribution < 1.29 is 13.9 Å². The summed E-state index contributed by atoms with van der Waals surface area (Å²) in [6.45, 7) is 0.848. The Morgan fingerprint density at radius 2 is 2.24 bits per heavy atom. The molecule has 0 radical (unpaired) electrons. The first-order chi connectivity index (χ1) is 8.13. The lowest BCUT2D eigenvalue weighted by atomic mass is 10.2. The van der Waals surface area contributed by atoms with Crippen molar-refractivity contribution in [2.24, 2.45) is 5.73 Å². The van der Waals surface area contributed by atoms with Crippen molar-refractivity contribution in [3.63, 3.8) is 0 Å². The molecule has 0 fully saturated rings. The van der Waals surface area contributed by atoms with Crippen LogP contribution >= 0.6 is 11.8 Å². The second-order valence-electron chi connectivity index (χ2n) is 3.25. The molecule has 0 heterocycles. The number of halogens is 1. The van der Waals surface area contributed by atoms with E-state index in [0.29, 0.717) is 30.3 Å². The first kappa shape index (κ1) is 13.8. The molecule has 0 spiro atoms. The van der Waals surface area contributed by atoms with Gasteiger partial charge in [-0.1, -0.05) is 17.8 Å². The van der Waals surface area contributed by atoms with E-state index in [-0.39, 0.29) is 11.0 Å². The summed E-state index contributed by atoms with van der Waals surface area (Å²) in [6.07, 6.45) is 0. The van der Waals surface area contributed by atoms with E-state index in [0.717, 1.165) is 11.8 Å². The van der Waals surface area contributed by atoms with Crippen molar-refractivity contribution in [3.05, 3.63) is 29.6 Å². The maximum atomic E-state index is 13.6. The van der Waals surface area contributed by atoms with Gasteiger partial charge in [0.15, 0.2) is 5.17 Å². The molecule has 0 bridgehead atoms. The molecular weight excluding hydrogens is 243 g/mol. The van der Waals surface area contributed by atoms with Gasteiger partial charge in [-0.3, -0.25) is 5.41 Å². The molecule has 0 saturated heterocycles. The van der Waals surface area contributed by atoms with Crippen LogP contribution in [0.3, 0.4) is 0 Å². The van der Waals surface area contributed by atoms with Crippen LogP contribution in [-0.4, -0.2) is 25.5 Å². The molecule has 17 heavy (non-hydrogen) atoms. The summed E-state index contributed by atoms with van der Waals surface area (Å²) in [6, 6.07) is 4.65. The SMILES string of the molecule is COCCOc1ccc(CSC(=N)N)c(F)c1. The molecule has 4 nitrogen and oxygen atoms in total. The predicted octanol–water partition coefficient (Wildman–Crippen LogP) is 1.98. The largest absolute Gasteiger partial charge is 0.491 e. The highest BCUT2D eigenvalue weighted by Crippen LogP contribution is 2.20. The number of ether oxygens (including phenoxy) is 2. The van der Waals surface area contributed by atoms with Crippen LogP contribution < -0.4 is 10.5 Å². The molecule has 0 aliphatic heterocycles. The van der Waals surface area contributed by atoms with Crippen molar-refractivity contribution in [1.82, 2.24) is 0 Å². The molecule has 0 unspecified atom stereocenters. The molecule has 0 saturated carbocycles. The average molecular weight is 258 g/mol. The quantitative estimate of drug-likeness (QED) is 0.465. The Morgan fingerprint density at radius 1 is 1.47 bits per heavy atom. The van der Waals surface area contributed by atoms with E-state index < -0.39 is 0 Å². The van der Waals surface area contributed by atoms with Crippen molar-refractivity contribution in [2.75, 3.05) is 20.3 Å². The van der Waals surface area contributed by atoms with Gasteiger partial charge < -0.3 is 15.2 Å². The Balaban J connectivity index is 2.56. The number of benzene rings is 1. The van der Waals surface area contributed by atoms with Gasteiger partial charge in [0.1, 0.15) is 18.2 Å². The summed E-state index contributed by atoms with van der Waals surface area (Å²) < 4.78 is 23.7. The molecule has 0 aliphatic rings. The fourth-order valence-corrected chi connectivity index (χ4v) is 1.68. The zero-order valence-corrected chi connectivity index (χ0v) is 10.3. The first-order valence-corrected chi connectivity index (χ1v) is 5.99. The Morgan fingerprint density at radius 3 is 2.82 bits per heavy atom. The number of nitrogens with one attached hydrogen (secondary N) is 1. The third-order valence-corrected chi connectivity index (χ3v) is 2.73. The molecule has 3 N–H and O–H groups in total. The highest BCUT2D eigenvalue weighted by molar-refractivity contribution is 8.13. The van der Waals surface area contributed by atoms with Crippen LogP contribution in [0.15, 0.2) is 18.2 Å². The number of hydrogen-bond donors (Lipinski definition) is 2. The molecular formula is C11H15FN2O2S. The van der Waals surface area contributed by atoms with E-state index in [2.05, 4.69) is 0 Å². The standard InChI is InChI=1S/C11H15FN2O2S/c1-15-4-5-16-9-3-2-8(10(12)6-9)7-17-11(13)14/h2-3,6H,4-5,7H2,1H3,(H3,13,14). The van der Waals surface area contributed by atoms with Crippen LogP contribution in [0.2, 0.25) is 0 Å². The average Bonchev–Trinajstić information content (AvgIpc) is 2.28. The Kier molecular flexibility index (Phi) is 5.79. The summed E-state index contributed by atoms with van der Waals surface area (Å²) in [5, 5.41) is 7.02. The van der Waals surface area contributed by atoms with Gasteiger partial charge in [-0.15, -0.1) is 0 Å². The van der Waals surface area contributed by atoms with Crippen LogP contribution in [0.25, 0.3) is 0 Å². The number of hydrogen-bond acceptors (Lipinski definition) is 4. The number of thioether (sulfide) groups is 1. The molecule has 0 aromatic heterocycles. The molecule has 1 aromatic carbocycles. The van der Waals surface area contributed by atoms with Gasteiger partial charge in [0.2, 0.25) is 0 Å². The van der Waals surface area contributed by atoms with Crippen LogP contribution in [0.1, 0.15) is 5.56 Å². The van der Waals surface area contributed by atoms with Gasteiger partial charge >= 0.3 is 0 Å². The van der Waals surface area contributed by atoms with E-state index in [1.54, 1.807) is 19.2 Å².